The number of hydrogen-bond acceptors (Lipinski definition) is 17. The highest BCUT2D eigenvalue weighted by atomic mass is 35.5. The van der Waals surface area contributed by atoms with Gasteiger partial charge in [-0.05, 0) is 41.1 Å². The largest absolute Gasteiger partial charge is 0.374 e. The van der Waals surface area contributed by atoms with Gasteiger partial charge in [0.15, 0.2) is 0 Å². The summed E-state index contributed by atoms with van der Waals surface area (Å²) in [5.41, 5.74) is 13.8. The van der Waals surface area contributed by atoms with Gasteiger partial charge in [-0.3, -0.25) is 14.4 Å². The van der Waals surface area contributed by atoms with Gasteiger partial charge in [0, 0.05) is 32.1 Å². The van der Waals surface area contributed by atoms with Crippen LogP contribution >= 0.6 is 56.9 Å². The highest BCUT2D eigenvalue weighted by molar-refractivity contribution is 7.16. The summed E-state index contributed by atoms with van der Waals surface area (Å²) in [4.78, 5) is 34.7. The molecule has 0 aliphatic rings. The van der Waals surface area contributed by atoms with E-state index in [1.807, 2.05) is 91.0 Å². The molecule has 58 heavy (non-hydrogen) atoms. The lowest BCUT2D eigenvalue weighted by Crippen LogP contribution is -2.14. The number of nitrogens with one attached hydrogen (secondary N) is 2. The lowest BCUT2D eigenvalue weighted by Gasteiger charge is -2.01. The van der Waals surface area contributed by atoms with E-state index in [0.29, 0.717) is 39.8 Å². The van der Waals surface area contributed by atoms with Crippen LogP contribution in [0, 0.1) is 0 Å². The van der Waals surface area contributed by atoms with Crippen LogP contribution < -0.4 is 22.1 Å². The summed E-state index contributed by atoms with van der Waals surface area (Å²) >= 11 is 10.8. The average molecular weight is 876 g/mol. The van der Waals surface area contributed by atoms with Crippen LogP contribution in [0.2, 0.25) is 0 Å². The molecule has 0 fully saturated rings. The van der Waals surface area contributed by atoms with Crippen molar-refractivity contribution in [3.8, 4) is 0 Å². The fraction of sp³-hybridized carbons (Fsp3) is 0.237. The first-order valence-corrected chi connectivity index (χ1v) is 21.5. The second kappa shape index (κ2) is 23.6. The molecule has 15 nitrogen and oxygen atoms in total. The van der Waals surface area contributed by atoms with Gasteiger partial charge in [0.2, 0.25) is 37.6 Å². The van der Waals surface area contributed by atoms with Crippen LogP contribution in [0.5, 0.6) is 0 Å². The third-order valence-corrected chi connectivity index (χ3v) is 11.1. The van der Waals surface area contributed by atoms with Crippen molar-refractivity contribution in [1.82, 2.24) is 40.8 Å². The highest BCUT2D eigenvalue weighted by Crippen LogP contribution is 2.21. The smallest absolute Gasteiger partial charge is 0.230 e. The van der Waals surface area contributed by atoms with Crippen LogP contribution in [0.25, 0.3) is 0 Å². The second-order valence-corrected chi connectivity index (χ2v) is 16.9. The molecule has 3 aromatic carbocycles. The number of nitrogen functional groups attached to an aromatic ring is 2. The maximum absolute atomic E-state index is 12.2. The minimum Gasteiger partial charge on any atom is -0.374 e. The summed E-state index contributed by atoms with van der Waals surface area (Å²) in [6.45, 7) is 0. The average Bonchev–Trinajstić information content (AvgIpc) is 4.03. The summed E-state index contributed by atoms with van der Waals surface area (Å²) in [6, 6.07) is 28.6. The number of anilines is 4. The molecule has 0 bridgehead atoms. The number of amides is 2. The monoisotopic (exact) mass is 874 g/mol. The fourth-order valence-electron chi connectivity index (χ4n) is 4.97. The Morgan fingerprint density at radius 2 is 0.793 bits per heavy atom. The molecule has 0 aliphatic heterocycles. The predicted octanol–water partition coefficient (Wildman–Crippen LogP) is 6.65. The van der Waals surface area contributed by atoms with Crippen molar-refractivity contribution in [2.75, 3.05) is 22.1 Å². The Hall–Kier alpha value is -5.60. The third kappa shape index (κ3) is 16.5. The Balaban J connectivity index is 0.000000209. The van der Waals surface area contributed by atoms with Crippen LogP contribution in [-0.2, 0) is 59.3 Å². The zero-order valence-corrected chi connectivity index (χ0v) is 35.0. The summed E-state index contributed by atoms with van der Waals surface area (Å²) < 4.78 is 0. The summed E-state index contributed by atoms with van der Waals surface area (Å²) in [5, 5.41) is 42.8. The molecule has 0 saturated carbocycles. The maximum Gasteiger partial charge on any atom is 0.230 e. The molecule has 0 unspecified atom stereocenters. The van der Waals surface area contributed by atoms with E-state index in [2.05, 4.69) is 51.4 Å². The topological polar surface area (TPSA) is 230 Å². The number of nitrogens with two attached hydrogens (primary N) is 2. The molecule has 0 aliphatic carbocycles. The van der Waals surface area contributed by atoms with Gasteiger partial charge in [0.25, 0.3) is 0 Å². The zero-order chi connectivity index (χ0) is 41.0. The molecule has 7 rings (SSSR count). The van der Waals surface area contributed by atoms with Crippen molar-refractivity contribution in [1.29, 1.82) is 0 Å². The number of carbonyl (C=O) groups excluding carboxylic acids is 3. The minimum atomic E-state index is -0.314. The first kappa shape index (κ1) is 43.5. The van der Waals surface area contributed by atoms with E-state index in [-0.39, 0.29) is 17.1 Å². The van der Waals surface area contributed by atoms with Gasteiger partial charge in [-0.1, -0.05) is 136 Å². The number of hydrogen-bond donors (Lipinski definition) is 4. The first-order chi connectivity index (χ1) is 28.2. The van der Waals surface area contributed by atoms with E-state index >= 15 is 0 Å². The highest BCUT2D eigenvalue weighted by Gasteiger charge is 2.12. The molecule has 4 aromatic heterocycles. The summed E-state index contributed by atoms with van der Waals surface area (Å²) in [7, 11) is 0. The molecule has 0 atom stereocenters. The van der Waals surface area contributed by atoms with E-state index in [9.17, 15) is 14.4 Å². The molecule has 20 heteroatoms. The van der Waals surface area contributed by atoms with Crippen LogP contribution in [-0.4, -0.2) is 57.8 Å². The van der Waals surface area contributed by atoms with Crippen molar-refractivity contribution in [2.24, 2.45) is 0 Å². The van der Waals surface area contributed by atoms with Gasteiger partial charge >= 0.3 is 0 Å². The summed E-state index contributed by atoms with van der Waals surface area (Å²) in [5.74, 6) is -0.223. The molecule has 2 amide bonds. The number of nitrogens with zero attached hydrogens (tertiary/aromatic N) is 8. The van der Waals surface area contributed by atoms with Crippen LogP contribution in [0.15, 0.2) is 91.0 Å². The number of carbonyl (C=O) groups is 3. The quantitative estimate of drug-likeness (QED) is 0.0746. The number of halogens is 1. The van der Waals surface area contributed by atoms with E-state index in [1.54, 1.807) is 0 Å². The Bertz CT molecular complexity index is 2170. The number of benzene rings is 3. The standard InChI is InChI=1S/C23H22N6O2S2.C8H7ClO.C7H10N6S2/c30-18(14-16-8-3-1-4-9-16)24-22-28-26-20(32-22)12-7-13-21-27-29-23(33-21)25-19(31)15-17-10-5-2-6-11-17;9-8(10)6-7-4-2-1-3-5-7;8-6-12-10-4(14-6)2-1-3-5-11-13-7(9)15-5/h1-6,8-11H,7,12-15H2,(H,24,28,30)(H,25,29,31);1-5H,6H2;1-3H2,(H2,8,12)(H2,9,13). The Morgan fingerprint density at radius 1 is 0.466 bits per heavy atom. The van der Waals surface area contributed by atoms with Crippen molar-refractivity contribution in [2.45, 2.75) is 57.8 Å². The van der Waals surface area contributed by atoms with E-state index in [1.165, 1.54) is 45.3 Å². The Morgan fingerprint density at radius 3 is 1.12 bits per heavy atom. The molecule has 4 heterocycles. The fourth-order valence-corrected chi connectivity index (χ4v) is 8.03. The van der Waals surface area contributed by atoms with Crippen molar-refractivity contribution >= 4 is 94.5 Å². The number of aryl methyl sites for hydroxylation is 4. The van der Waals surface area contributed by atoms with Crippen molar-refractivity contribution < 1.29 is 14.4 Å². The Kier molecular flexibility index (Phi) is 17.7. The van der Waals surface area contributed by atoms with Crippen LogP contribution in [0.1, 0.15) is 49.6 Å². The number of aromatic nitrogens is 8. The van der Waals surface area contributed by atoms with Gasteiger partial charge in [-0.2, -0.15) is 0 Å². The zero-order valence-electron chi connectivity index (χ0n) is 31.0. The summed E-state index contributed by atoms with van der Waals surface area (Å²) in [6.07, 6.45) is 5.89. The maximum atomic E-state index is 12.2. The predicted molar refractivity (Wildman–Crippen MR) is 231 cm³/mol. The molecule has 300 valence electrons. The van der Waals surface area contributed by atoms with E-state index in [4.69, 9.17) is 23.1 Å². The van der Waals surface area contributed by atoms with Gasteiger partial charge in [-0.25, -0.2) is 0 Å². The van der Waals surface area contributed by atoms with E-state index < -0.39 is 0 Å². The molecule has 0 saturated heterocycles. The third-order valence-electron chi connectivity index (χ3n) is 7.55. The minimum absolute atomic E-state index is 0.111. The van der Waals surface area contributed by atoms with E-state index in [0.717, 1.165) is 75.2 Å². The SMILES string of the molecule is Nc1nnc(CCCc2nnc(N)s2)s1.O=C(Cc1ccccc1)Nc1nnc(CCCc2nnc(NC(=O)Cc3ccccc3)s2)s1.O=C(Cl)Cc1ccccc1. The lowest BCUT2D eigenvalue weighted by atomic mass is 10.1. The van der Waals surface area contributed by atoms with Crippen molar-refractivity contribution in [3.63, 3.8) is 0 Å². The van der Waals surface area contributed by atoms with Gasteiger partial charge in [0.1, 0.15) is 20.0 Å². The van der Waals surface area contributed by atoms with Gasteiger partial charge in [0.05, 0.1) is 12.8 Å². The molecular weight excluding hydrogens is 836 g/mol. The molecule has 7 aromatic rings. The van der Waals surface area contributed by atoms with Gasteiger partial charge in [-0.15, -0.1) is 40.8 Å². The van der Waals surface area contributed by atoms with Crippen LogP contribution in [0.4, 0.5) is 20.5 Å². The van der Waals surface area contributed by atoms with Crippen molar-refractivity contribution in [3.05, 3.63) is 128 Å². The molecular formula is C38H39ClN12O3S4. The molecule has 0 radical (unpaired) electrons. The normalized spacial score (nSPS) is 10.4. The van der Waals surface area contributed by atoms with Crippen LogP contribution in [0.3, 0.4) is 0 Å². The second-order valence-electron chi connectivity index (χ2n) is 12.2. The Labute approximate surface area is 355 Å². The lowest BCUT2D eigenvalue weighted by molar-refractivity contribution is -0.116. The number of rotatable bonds is 16. The van der Waals surface area contributed by atoms with Gasteiger partial charge < -0.3 is 22.1 Å². The molecule has 0 spiro atoms. The molecule has 6 N–H and O–H groups in total. The first-order valence-electron chi connectivity index (χ1n) is 17.9.